The molecule has 0 aliphatic carbocycles. The second kappa shape index (κ2) is 9.95. The van der Waals surface area contributed by atoms with Crippen molar-refractivity contribution in [2.24, 2.45) is 0 Å². The second-order valence-electron chi connectivity index (χ2n) is 7.96. The van der Waals surface area contributed by atoms with Gasteiger partial charge in [0.2, 0.25) is 0 Å². The minimum absolute atomic E-state index is 0.637. The van der Waals surface area contributed by atoms with E-state index < -0.39 is 21.1 Å². The summed E-state index contributed by atoms with van der Waals surface area (Å²) in [5.41, 5.74) is 3.48. The van der Waals surface area contributed by atoms with E-state index in [4.69, 9.17) is 4.98 Å². The Balaban J connectivity index is 1.91. The zero-order valence-corrected chi connectivity index (χ0v) is 20.2. The van der Waals surface area contributed by atoms with Crippen LogP contribution >= 0.6 is 0 Å². The summed E-state index contributed by atoms with van der Waals surface area (Å²) in [6, 6.07) is 13.4. The van der Waals surface area contributed by atoms with Crippen LogP contribution in [0.1, 0.15) is 78.6 Å². The normalized spacial score (nSPS) is 12.3. The van der Waals surface area contributed by atoms with Crippen LogP contribution in [0.15, 0.2) is 42.6 Å². The van der Waals surface area contributed by atoms with Crippen molar-refractivity contribution >= 4 is 41.4 Å². The van der Waals surface area contributed by atoms with Gasteiger partial charge in [0.25, 0.3) is 0 Å². The summed E-state index contributed by atoms with van der Waals surface area (Å²) in [5, 5.41) is 0. The van der Waals surface area contributed by atoms with E-state index in [0.29, 0.717) is 3.43 Å². The van der Waals surface area contributed by atoms with E-state index in [0.717, 1.165) is 5.65 Å². The molecule has 2 heterocycles. The van der Waals surface area contributed by atoms with Crippen LogP contribution in [0.25, 0.3) is 16.7 Å². The predicted molar refractivity (Wildman–Crippen MR) is 119 cm³/mol. The Hall–Kier alpha value is -1.03. The average molecular weight is 469 g/mol. The molecule has 2 radical (unpaired) electrons. The zero-order chi connectivity index (χ0) is 19.1. The molecule has 0 aliphatic rings. The zero-order valence-electron chi connectivity index (χ0n) is 17.3. The van der Waals surface area contributed by atoms with E-state index in [2.05, 4.69) is 67.8 Å². The molecule has 0 bridgehead atoms. The second-order valence-corrected chi connectivity index (χ2v) is 13.3. The van der Waals surface area contributed by atoms with Crippen molar-refractivity contribution in [2.45, 2.75) is 82.0 Å². The van der Waals surface area contributed by atoms with Crippen LogP contribution in [-0.4, -0.2) is 30.5 Å². The van der Waals surface area contributed by atoms with Gasteiger partial charge in [-0.1, -0.05) is 0 Å². The number of fused-ring (bicyclic) bond motifs is 3. The fraction of sp³-hybridized carbons (Fsp3) is 0.542. The first-order chi connectivity index (χ1) is 13.2. The Labute approximate surface area is 175 Å². The van der Waals surface area contributed by atoms with Crippen molar-refractivity contribution in [1.29, 1.82) is 0 Å². The van der Waals surface area contributed by atoms with E-state index in [9.17, 15) is 0 Å². The number of unbranched alkanes of at least 4 members (excludes halogenated alkanes) is 3. The maximum atomic E-state index is 4.88. The molecule has 0 spiro atoms. The standard InChI is InChI=1S/C13H27.C11H7N2.Sn/c1-4-7-10-13(11-8-5-2)12-9-6-3;1-2-6-10-9(5-1)12-11-7-3-4-8-13(10)11;/h4-12H2,1-3H3;2-8H;. The molecular formula is C24H34N2Sn. The maximum absolute atomic E-state index is 4.88. The molecule has 0 saturated heterocycles. The number of nitrogens with zero attached hydrogens (tertiary/aromatic N) is 2. The van der Waals surface area contributed by atoms with Gasteiger partial charge in [-0.05, 0) is 0 Å². The van der Waals surface area contributed by atoms with Crippen molar-refractivity contribution in [3.8, 4) is 0 Å². The van der Waals surface area contributed by atoms with Crippen molar-refractivity contribution < 1.29 is 0 Å². The monoisotopic (exact) mass is 470 g/mol. The summed E-state index contributed by atoms with van der Waals surface area (Å²) in [5.74, 6) is 0. The fourth-order valence-corrected chi connectivity index (χ4v) is 9.56. The average Bonchev–Trinajstić information content (AvgIpc) is 3.06. The molecule has 27 heavy (non-hydrogen) atoms. The summed E-state index contributed by atoms with van der Waals surface area (Å²) in [7, 11) is 0. The quantitative estimate of drug-likeness (QED) is 0.292. The summed E-state index contributed by atoms with van der Waals surface area (Å²) < 4.78 is 4.48. The molecule has 3 aromatic rings. The number of rotatable bonds is 11. The molecule has 3 rings (SSSR count). The van der Waals surface area contributed by atoms with Gasteiger partial charge < -0.3 is 0 Å². The number of imidazole rings is 1. The Bertz CT molecular complexity index is 830. The molecule has 2 aromatic heterocycles. The molecule has 0 unspecified atom stereocenters. The minimum atomic E-state index is -0.685. The van der Waals surface area contributed by atoms with Gasteiger partial charge in [-0.3, -0.25) is 0 Å². The number of hydrogen-bond acceptors (Lipinski definition) is 1. The van der Waals surface area contributed by atoms with Crippen LogP contribution in [0, 0.1) is 0 Å². The van der Waals surface area contributed by atoms with E-state index in [1.807, 2.05) is 0 Å². The molecule has 2 nitrogen and oxygen atoms in total. The first-order valence-electron chi connectivity index (χ1n) is 10.9. The van der Waals surface area contributed by atoms with E-state index in [1.54, 1.807) is 3.58 Å². The van der Waals surface area contributed by atoms with Gasteiger partial charge in [-0.15, -0.1) is 0 Å². The molecular weight excluding hydrogens is 435 g/mol. The van der Waals surface area contributed by atoms with Gasteiger partial charge in [0.1, 0.15) is 0 Å². The molecule has 0 N–H and O–H groups in total. The third kappa shape index (κ3) is 5.07. The summed E-state index contributed by atoms with van der Waals surface area (Å²) in [4.78, 5) is 4.88. The topological polar surface area (TPSA) is 17.3 Å². The van der Waals surface area contributed by atoms with Gasteiger partial charge in [-0.25, -0.2) is 0 Å². The van der Waals surface area contributed by atoms with Gasteiger partial charge in [0.15, 0.2) is 0 Å². The summed E-state index contributed by atoms with van der Waals surface area (Å²) >= 11 is -0.685. The predicted octanol–water partition coefficient (Wildman–Crippen LogP) is 6.55. The van der Waals surface area contributed by atoms with Gasteiger partial charge in [0.05, 0.1) is 0 Å². The first-order valence-corrected chi connectivity index (χ1v) is 13.7. The molecule has 144 valence electrons. The number of pyridine rings is 1. The van der Waals surface area contributed by atoms with Crippen LogP contribution in [-0.2, 0) is 0 Å². The number of aromatic nitrogens is 2. The van der Waals surface area contributed by atoms with Crippen LogP contribution in [0.2, 0.25) is 3.43 Å². The fourth-order valence-electron chi connectivity index (χ4n) is 4.16. The summed E-state index contributed by atoms with van der Waals surface area (Å²) in [6.07, 6.45) is 14.6. The van der Waals surface area contributed by atoms with E-state index >= 15 is 0 Å². The van der Waals surface area contributed by atoms with Crippen molar-refractivity contribution in [1.82, 2.24) is 9.38 Å². The first kappa shape index (κ1) is 20.7. The Morgan fingerprint density at radius 2 is 1.56 bits per heavy atom. The van der Waals surface area contributed by atoms with Crippen LogP contribution < -0.4 is 3.58 Å². The van der Waals surface area contributed by atoms with E-state index in [-0.39, 0.29) is 0 Å². The van der Waals surface area contributed by atoms with Gasteiger partial charge in [-0.2, -0.15) is 0 Å². The Kier molecular flexibility index (Phi) is 7.63. The number of benzene rings is 1. The van der Waals surface area contributed by atoms with Crippen LogP contribution in [0.4, 0.5) is 0 Å². The SMILES string of the molecule is CCCC[C](CCCC)(CCCC)[Sn][c]1ccc2c(c1)nc1ccccn12. The summed E-state index contributed by atoms with van der Waals surface area (Å²) in [6.45, 7) is 7.04. The Morgan fingerprint density at radius 1 is 0.889 bits per heavy atom. The van der Waals surface area contributed by atoms with Crippen LogP contribution in [0.5, 0.6) is 0 Å². The van der Waals surface area contributed by atoms with Crippen molar-refractivity contribution in [2.75, 3.05) is 0 Å². The van der Waals surface area contributed by atoms with Crippen molar-refractivity contribution in [3.63, 3.8) is 0 Å². The van der Waals surface area contributed by atoms with Gasteiger partial charge >= 0.3 is 175 Å². The molecule has 0 atom stereocenters. The van der Waals surface area contributed by atoms with Gasteiger partial charge in [0, 0.05) is 0 Å². The molecule has 0 saturated carbocycles. The third-order valence-electron chi connectivity index (χ3n) is 5.74. The van der Waals surface area contributed by atoms with E-state index in [1.165, 1.54) is 68.8 Å². The van der Waals surface area contributed by atoms with Crippen LogP contribution in [0.3, 0.4) is 0 Å². The third-order valence-corrected chi connectivity index (χ3v) is 11.1. The van der Waals surface area contributed by atoms with Crippen molar-refractivity contribution in [3.05, 3.63) is 42.6 Å². The Morgan fingerprint density at radius 3 is 2.19 bits per heavy atom. The number of hydrogen-bond donors (Lipinski definition) is 0. The molecule has 0 aliphatic heterocycles. The molecule has 0 fully saturated rings. The molecule has 1 aromatic carbocycles. The molecule has 0 amide bonds. The molecule has 3 heteroatoms.